The molecule has 0 bridgehead atoms. The Kier molecular flexibility index (Phi) is 3.70. The van der Waals surface area contributed by atoms with Gasteiger partial charge in [0.05, 0.1) is 0 Å². The van der Waals surface area contributed by atoms with Crippen molar-refractivity contribution in [2.75, 3.05) is 6.61 Å². The van der Waals surface area contributed by atoms with Crippen LogP contribution in [0.3, 0.4) is 0 Å². The average molecular weight is 242 g/mol. The summed E-state index contributed by atoms with van der Waals surface area (Å²) < 4.78 is 6.17. The summed E-state index contributed by atoms with van der Waals surface area (Å²) >= 11 is 0. The third kappa shape index (κ3) is 2.75. The van der Waals surface area contributed by atoms with Crippen molar-refractivity contribution in [2.45, 2.75) is 65.1 Å². The maximum absolute atomic E-state index is 11.8. The van der Waals surface area contributed by atoms with Crippen molar-refractivity contribution in [3.63, 3.8) is 0 Å². The molecule has 0 aromatic heterocycles. The largest absolute Gasteiger partial charge is 0.416 e. The highest BCUT2D eigenvalue weighted by molar-refractivity contribution is 6.74. The lowest BCUT2D eigenvalue weighted by molar-refractivity contribution is -0.126. The molecular formula is C13H26O2Si. The first-order valence-corrected chi connectivity index (χ1v) is 9.17. The molecule has 0 saturated heterocycles. The van der Waals surface area contributed by atoms with E-state index in [1.165, 1.54) is 0 Å². The minimum atomic E-state index is -1.70. The number of hydrogen-bond donors (Lipinski definition) is 0. The van der Waals surface area contributed by atoms with Crippen molar-refractivity contribution in [1.29, 1.82) is 0 Å². The van der Waals surface area contributed by atoms with Crippen LogP contribution in [0.1, 0.15) is 47.0 Å². The minimum Gasteiger partial charge on any atom is -0.416 e. The predicted octanol–water partition coefficient (Wildman–Crippen LogP) is 3.77. The van der Waals surface area contributed by atoms with Gasteiger partial charge in [-0.3, -0.25) is 4.79 Å². The quantitative estimate of drug-likeness (QED) is 0.704. The van der Waals surface area contributed by atoms with Crippen LogP contribution in [0.25, 0.3) is 0 Å². The Morgan fingerprint density at radius 1 is 1.38 bits per heavy atom. The van der Waals surface area contributed by atoms with Gasteiger partial charge in [-0.1, -0.05) is 27.7 Å². The third-order valence-electron chi connectivity index (χ3n) is 4.36. The molecule has 0 aromatic carbocycles. The Balaban J connectivity index is 2.61. The van der Waals surface area contributed by atoms with E-state index in [-0.39, 0.29) is 10.5 Å². The second-order valence-electron chi connectivity index (χ2n) is 6.89. The first-order valence-electron chi connectivity index (χ1n) is 6.26. The smallest absolute Gasteiger partial charge is 0.192 e. The van der Waals surface area contributed by atoms with Crippen LogP contribution in [0.15, 0.2) is 0 Å². The van der Waals surface area contributed by atoms with Gasteiger partial charge < -0.3 is 4.43 Å². The van der Waals surface area contributed by atoms with Gasteiger partial charge in [0.2, 0.25) is 0 Å². The van der Waals surface area contributed by atoms with Crippen LogP contribution in [0, 0.1) is 5.41 Å². The van der Waals surface area contributed by atoms with Crippen LogP contribution in [0.5, 0.6) is 0 Å². The maximum Gasteiger partial charge on any atom is 0.192 e. The normalized spacial score (nSPS) is 27.5. The molecule has 0 heterocycles. The van der Waals surface area contributed by atoms with E-state index in [2.05, 4.69) is 40.8 Å². The Morgan fingerprint density at radius 2 is 1.94 bits per heavy atom. The molecule has 0 radical (unpaired) electrons. The van der Waals surface area contributed by atoms with Gasteiger partial charge in [-0.15, -0.1) is 0 Å². The van der Waals surface area contributed by atoms with Gasteiger partial charge in [-0.25, -0.2) is 0 Å². The monoisotopic (exact) mass is 242 g/mol. The van der Waals surface area contributed by atoms with E-state index >= 15 is 0 Å². The van der Waals surface area contributed by atoms with Gasteiger partial charge in [0.1, 0.15) is 5.78 Å². The highest BCUT2D eigenvalue weighted by Gasteiger charge is 2.42. The van der Waals surface area contributed by atoms with Crippen LogP contribution in [-0.4, -0.2) is 20.7 Å². The zero-order valence-electron chi connectivity index (χ0n) is 11.6. The maximum atomic E-state index is 11.8. The molecule has 1 saturated carbocycles. The molecule has 1 rings (SSSR count). The molecule has 1 aliphatic carbocycles. The van der Waals surface area contributed by atoms with E-state index in [9.17, 15) is 4.79 Å². The second-order valence-corrected chi connectivity index (χ2v) is 11.7. The van der Waals surface area contributed by atoms with Crippen molar-refractivity contribution in [2.24, 2.45) is 5.41 Å². The lowest BCUT2D eigenvalue weighted by atomic mass is 9.89. The number of rotatable bonds is 3. The molecule has 0 aromatic rings. The van der Waals surface area contributed by atoms with Crippen LogP contribution in [0.2, 0.25) is 18.1 Å². The Bertz CT molecular complexity index is 278. The fourth-order valence-corrected chi connectivity index (χ4v) is 2.90. The van der Waals surface area contributed by atoms with Crippen molar-refractivity contribution in [3.8, 4) is 0 Å². The SMILES string of the molecule is CC(C)(C)[Si](C)(C)OC[C@@]1(C)CCCC1=O. The van der Waals surface area contributed by atoms with Crippen LogP contribution in [-0.2, 0) is 9.22 Å². The summed E-state index contributed by atoms with van der Waals surface area (Å²) in [5.41, 5.74) is -0.199. The molecule has 16 heavy (non-hydrogen) atoms. The van der Waals surface area contributed by atoms with E-state index in [0.717, 1.165) is 19.3 Å². The number of ketones is 1. The first-order chi connectivity index (χ1) is 7.08. The Morgan fingerprint density at radius 3 is 2.31 bits per heavy atom. The summed E-state index contributed by atoms with van der Waals surface area (Å²) in [6, 6.07) is 0. The fraction of sp³-hybridized carbons (Fsp3) is 0.923. The molecule has 1 fully saturated rings. The van der Waals surface area contributed by atoms with E-state index in [4.69, 9.17) is 4.43 Å². The average Bonchev–Trinajstić information content (AvgIpc) is 2.43. The van der Waals surface area contributed by atoms with Gasteiger partial charge in [0.15, 0.2) is 8.32 Å². The van der Waals surface area contributed by atoms with Gasteiger partial charge in [0, 0.05) is 18.4 Å². The molecular weight excluding hydrogens is 216 g/mol. The molecule has 3 heteroatoms. The third-order valence-corrected chi connectivity index (χ3v) is 8.84. The standard InChI is InChI=1S/C13H26O2Si/c1-12(2,3)16(5,6)15-10-13(4)9-7-8-11(13)14/h7-10H2,1-6H3/t13-/m1/s1. The fourth-order valence-electron chi connectivity index (χ4n) is 1.79. The van der Waals surface area contributed by atoms with Gasteiger partial charge in [-0.2, -0.15) is 0 Å². The van der Waals surface area contributed by atoms with E-state index in [1.54, 1.807) is 0 Å². The lowest BCUT2D eigenvalue weighted by Crippen LogP contribution is -2.44. The van der Waals surface area contributed by atoms with Crippen molar-refractivity contribution < 1.29 is 9.22 Å². The summed E-state index contributed by atoms with van der Waals surface area (Å²) in [5, 5.41) is 0.227. The summed E-state index contributed by atoms with van der Waals surface area (Å²) in [5.74, 6) is 0.395. The predicted molar refractivity (Wildman–Crippen MR) is 70.1 cm³/mol. The highest BCUT2D eigenvalue weighted by Crippen LogP contribution is 2.40. The zero-order chi connectivity index (χ0) is 12.6. The highest BCUT2D eigenvalue weighted by atomic mass is 28.4. The Labute approximate surface area is 101 Å². The molecule has 2 nitrogen and oxygen atoms in total. The van der Waals surface area contributed by atoms with Crippen LogP contribution < -0.4 is 0 Å². The molecule has 0 spiro atoms. The molecule has 0 unspecified atom stereocenters. The number of carbonyl (C=O) groups is 1. The van der Waals surface area contributed by atoms with E-state index in [1.807, 2.05) is 0 Å². The minimum absolute atomic E-state index is 0.199. The van der Waals surface area contributed by atoms with E-state index < -0.39 is 8.32 Å². The van der Waals surface area contributed by atoms with Gasteiger partial charge in [-0.05, 0) is 31.0 Å². The molecule has 1 atom stereocenters. The number of hydrogen-bond acceptors (Lipinski definition) is 2. The second kappa shape index (κ2) is 4.26. The molecule has 0 N–H and O–H groups in total. The summed E-state index contributed by atoms with van der Waals surface area (Å²) in [4.78, 5) is 11.8. The molecule has 1 aliphatic rings. The molecule has 0 aliphatic heterocycles. The van der Waals surface area contributed by atoms with Crippen molar-refractivity contribution in [1.82, 2.24) is 0 Å². The molecule has 94 valence electrons. The first kappa shape index (κ1) is 13.9. The van der Waals surface area contributed by atoms with Crippen LogP contribution in [0.4, 0.5) is 0 Å². The van der Waals surface area contributed by atoms with E-state index in [0.29, 0.717) is 12.4 Å². The van der Waals surface area contributed by atoms with Crippen LogP contribution >= 0.6 is 0 Å². The zero-order valence-corrected chi connectivity index (χ0v) is 12.6. The summed E-state index contributed by atoms with van der Waals surface area (Å²) in [7, 11) is -1.70. The van der Waals surface area contributed by atoms with Crippen molar-refractivity contribution >= 4 is 14.1 Å². The molecule has 0 amide bonds. The van der Waals surface area contributed by atoms with Gasteiger partial charge in [0.25, 0.3) is 0 Å². The summed E-state index contributed by atoms with van der Waals surface area (Å²) in [6.07, 6.45) is 2.79. The lowest BCUT2D eigenvalue weighted by Gasteiger charge is -2.38. The topological polar surface area (TPSA) is 26.3 Å². The summed E-state index contributed by atoms with van der Waals surface area (Å²) in [6.45, 7) is 13.9. The van der Waals surface area contributed by atoms with Gasteiger partial charge >= 0.3 is 0 Å². The number of carbonyl (C=O) groups excluding carboxylic acids is 1. The number of Topliss-reactive ketones (excluding diaryl/α,β-unsaturated/α-hetero) is 1. The Hall–Kier alpha value is -0.153. The van der Waals surface area contributed by atoms with Crippen molar-refractivity contribution in [3.05, 3.63) is 0 Å².